The van der Waals surface area contributed by atoms with Crippen molar-refractivity contribution in [1.29, 1.82) is 0 Å². The third-order valence-electron chi connectivity index (χ3n) is 3.94. The Morgan fingerprint density at radius 1 is 1.19 bits per heavy atom. The average Bonchev–Trinajstić information content (AvgIpc) is 2.46. The maximum absolute atomic E-state index is 12.1. The molecule has 1 aromatic rings. The molecule has 5 nitrogen and oxygen atoms in total. The van der Waals surface area contributed by atoms with Gasteiger partial charge in [-0.05, 0) is 12.1 Å². The Balaban J connectivity index is 1.77. The number of sulfonamides is 1. The van der Waals surface area contributed by atoms with Gasteiger partial charge in [0.2, 0.25) is 10.0 Å². The molecular formula is C14H24ClN3O2S+2. The summed E-state index contributed by atoms with van der Waals surface area (Å²) >= 11 is 5.93. The molecule has 0 aromatic heterocycles. The number of likely N-dealkylation sites (N-methyl/N-ethyl adjacent to an activating group) is 1. The Morgan fingerprint density at radius 3 is 2.52 bits per heavy atom. The van der Waals surface area contributed by atoms with Crippen LogP contribution in [-0.4, -0.2) is 54.7 Å². The number of rotatable bonds is 6. The maximum atomic E-state index is 12.1. The lowest BCUT2D eigenvalue weighted by molar-refractivity contribution is -1.00. The Kier molecular flexibility index (Phi) is 6.01. The van der Waals surface area contributed by atoms with E-state index in [1.54, 1.807) is 28.0 Å². The molecule has 1 saturated heterocycles. The van der Waals surface area contributed by atoms with Crippen LogP contribution < -0.4 is 14.5 Å². The second-order valence-electron chi connectivity index (χ2n) is 5.64. The van der Waals surface area contributed by atoms with E-state index in [-0.39, 0.29) is 9.92 Å². The molecule has 1 aromatic carbocycles. The fourth-order valence-corrected chi connectivity index (χ4v) is 4.16. The van der Waals surface area contributed by atoms with E-state index in [1.807, 2.05) is 0 Å². The number of benzene rings is 1. The van der Waals surface area contributed by atoms with Crippen LogP contribution in [0.3, 0.4) is 0 Å². The van der Waals surface area contributed by atoms with Crippen molar-refractivity contribution >= 4 is 21.6 Å². The zero-order chi connectivity index (χ0) is 15.3. The smallest absolute Gasteiger partial charge is 0.242 e. The van der Waals surface area contributed by atoms with Crippen molar-refractivity contribution in [2.24, 2.45) is 0 Å². The molecule has 2 rings (SSSR count). The molecule has 3 N–H and O–H groups in total. The van der Waals surface area contributed by atoms with E-state index in [0.29, 0.717) is 6.54 Å². The first-order valence-corrected chi connectivity index (χ1v) is 9.24. The molecule has 0 atom stereocenters. The summed E-state index contributed by atoms with van der Waals surface area (Å²) in [7, 11) is -1.28. The van der Waals surface area contributed by atoms with Crippen LogP contribution in [0.4, 0.5) is 0 Å². The van der Waals surface area contributed by atoms with E-state index in [2.05, 4.69) is 11.8 Å². The van der Waals surface area contributed by atoms with Crippen molar-refractivity contribution in [3.05, 3.63) is 29.3 Å². The normalized spacial score (nSPS) is 23.1. The van der Waals surface area contributed by atoms with Crippen molar-refractivity contribution in [2.75, 3.05) is 46.3 Å². The van der Waals surface area contributed by atoms with Crippen molar-refractivity contribution < 1.29 is 18.2 Å². The fourth-order valence-electron chi connectivity index (χ4n) is 2.57. The Hall–Kier alpha value is -0.660. The first-order chi connectivity index (χ1) is 9.99. The average molecular weight is 334 g/mol. The van der Waals surface area contributed by atoms with Crippen LogP contribution in [0.2, 0.25) is 5.02 Å². The van der Waals surface area contributed by atoms with Crippen LogP contribution in [-0.2, 0) is 10.0 Å². The highest BCUT2D eigenvalue weighted by Gasteiger charge is 2.20. The molecule has 0 radical (unpaired) electrons. The van der Waals surface area contributed by atoms with Crippen LogP contribution >= 0.6 is 11.6 Å². The zero-order valence-corrected chi connectivity index (χ0v) is 13.9. The SMILES string of the molecule is C[NH+]1CC[NH+](CCCNS(=O)(=O)c2ccccc2Cl)CC1. The third kappa shape index (κ3) is 4.93. The summed E-state index contributed by atoms with van der Waals surface area (Å²) < 4.78 is 26.9. The maximum Gasteiger partial charge on any atom is 0.242 e. The van der Waals surface area contributed by atoms with E-state index in [0.717, 1.165) is 13.0 Å². The molecule has 0 unspecified atom stereocenters. The highest BCUT2D eigenvalue weighted by Crippen LogP contribution is 2.19. The van der Waals surface area contributed by atoms with Crippen molar-refractivity contribution in [3.63, 3.8) is 0 Å². The highest BCUT2D eigenvalue weighted by molar-refractivity contribution is 7.89. The van der Waals surface area contributed by atoms with Gasteiger partial charge in [0, 0.05) is 13.0 Å². The van der Waals surface area contributed by atoms with Gasteiger partial charge in [-0.25, -0.2) is 13.1 Å². The van der Waals surface area contributed by atoms with Gasteiger partial charge in [0.15, 0.2) is 0 Å². The van der Waals surface area contributed by atoms with Gasteiger partial charge in [0.05, 0.1) is 18.6 Å². The summed E-state index contributed by atoms with van der Waals surface area (Å²) in [5.41, 5.74) is 0. The second kappa shape index (κ2) is 7.56. The molecule has 0 saturated carbocycles. The van der Waals surface area contributed by atoms with Gasteiger partial charge in [-0.3, -0.25) is 0 Å². The molecule has 118 valence electrons. The molecule has 21 heavy (non-hydrogen) atoms. The lowest BCUT2D eigenvalue weighted by Gasteiger charge is -2.27. The molecule has 1 heterocycles. The number of piperazine rings is 1. The van der Waals surface area contributed by atoms with Crippen LogP contribution in [0.5, 0.6) is 0 Å². The molecular weight excluding hydrogens is 310 g/mol. The van der Waals surface area contributed by atoms with Crippen LogP contribution in [0.15, 0.2) is 29.2 Å². The number of hydrogen-bond acceptors (Lipinski definition) is 2. The van der Waals surface area contributed by atoms with Crippen LogP contribution in [0, 0.1) is 0 Å². The van der Waals surface area contributed by atoms with Crippen molar-refractivity contribution in [1.82, 2.24) is 4.72 Å². The van der Waals surface area contributed by atoms with Gasteiger partial charge >= 0.3 is 0 Å². The molecule has 0 aliphatic carbocycles. The lowest BCUT2D eigenvalue weighted by atomic mass is 10.3. The topological polar surface area (TPSA) is 55.1 Å². The quantitative estimate of drug-likeness (QED) is 0.551. The monoisotopic (exact) mass is 333 g/mol. The minimum atomic E-state index is -3.50. The van der Waals surface area contributed by atoms with E-state index >= 15 is 0 Å². The Labute approximate surface area is 131 Å². The second-order valence-corrected chi connectivity index (χ2v) is 7.78. The Morgan fingerprint density at radius 2 is 1.86 bits per heavy atom. The number of hydrogen-bond donors (Lipinski definition) is 3. The number of nitrogens with one attached hydrogen (secondary N) is 3. The lowest BCUT2D eigenvalue weighted by Crippen LogP contribution is -3.27. The molecule has 1 aliphatic heterocycles. The van der Waals surface area contributed by atoms with Gasteiger partial charge in [-0.15, -0.1) is 0 Å². The molecule has 0 spiro atoms. The summed E-state index contributed by atoms with van der Waals surface area (Å²) in [6.07, 6.45) is 0.845. The minimum absolute atomic E-state index is 0.155. The minimum Gasteiger partial charge on any atom is -0.328 e. The fraction of sp³-hybridized carbons (Fsp3) is 0.571. The summed E-state index contributed by atoms with van der Waals surface area (Å²) in [4.78, 5) is 3.30. The molecule has 1 fully saturated rings. The van der Waals surface area contributed by atoms with E-state index in [9.17, 15) is 8.42 Å². The van der Waals surface area contributed by atoms with Crippen LogP contribution in [0.1, 0.15) is 6.42 Å². The van der Waals surface area contributed by atoms with Gasteiger partial charge < -0.3 is 9.80 Å². The van der Waals surface area contributed by atoms with Crippen molar-refractivity contribution in [2.45, 2.75) is 11.3 Å². The first-order valence-electron chi connectivity index (χ1n) is 7.38. The van der Waals surface area contributed by atoms with Gasteiger partial charge in [0.1, 0.15) is 31.1 Å². The Bertz CT molecular complexity index is 557. The van der Waals surface area contributed by atoms with Gasteiger partial charge in [-0.2, -0.15) is 0 Å². The first kappa shape index (κ1) is 16.7. The largest absolute Gasteiger partial charge is 0.328 e. The third-order valence-corrected chi connectivity index (χ3v) is 5.90. The predicted octanol–water partition coefficient (Wildman–Crippen LogP) is -1.58. The zero-order valence-electron chi connectivity index (χ0n) is 12.4. The number of halogens is 1. The summed E-state index contributed by atoms with van der Waals surface area (Å²) in [5.74, 6) is 0. The molecule has 7 heteroatoms. The summed E-state index contributed by atoms with van der Waals surface area (Å²) in [6.45, 7) is 6.20. The molecule has 0 amide bonds. The van der Waals surface area contributed by atoms with E-state index < -0.39 is 10.0 Å². The highest BCUT2D eigenvalue weighted by atomic mass is 35.5. The van der Waals surface area contributed by atoms with Gasteiger partial charge in [-0.1, -0.05) is 23.7 Å². The van der Waals surface area contributed by atoms with E-state index in [1.165, 1.54) is 32.2 Å². The standard InChI is InChI=1S/C14H22ClN3O2S/c1-17-9-11-18(12-10-17)8-4-7-16-21(19,20)14-6-3-2-5-13(14)15/h2-3,5-6,16H,4,7-12H2,1H3/p+2. The predicted molar refractivity (Wildman–Crippen MR) is 83.4 cm³/mol. The van der Waals surface area contributed by atoms with Crippen LogP contribution in [0.25, 0.3) is 0 Å². The van der Waals surface area contributed by atoms with E-state index in [4.69, 9.17) is 11.6 Å². The van der Waals surface area contributed by atoms with Gasteiger partial charge in [0.25, 0.3) is 0 Å². The number of quaternary nitrogens is 2. The van der Waals surface area contributed by atoms with Crippen molar-refractivity contribution in [3.8, 4) is 0 Å². The summed E-state index contributed by atoms with van der Waals surface area (Å²) in [5, 5.41) is 0.262. The summed E-state index contributed by atoms with van der Waals surface area (Å²) in [6, 6.07) is 6.52. The molecule has 0 bridgehead atoms. The molecule has 1 aliphatic rings.